The van der Waals surface area contributed by atoms with Crippen LogP contribution in [0.15, 0.2) is 36.4 Å². The third-order valence-electron chi connectivity index (χ3n) is 4.01. The van der Waals surface area contributed by atoms with Crippen molar-refractivity contribution in [1.29, 1.82) is 0 Å². The van der Waals surface area contributed by atoms with Crippen molar-refractivity contribution >= 4 is 16.8 Å². The lowest BCUT2D eigenvalue weighted by Crippen LogP contribution is -2.33. The number of pyridine rings is 1. The van der Waals surface area contributed by atoms with E-state index in [9.17, 15) is 4.79 Å². The van der Waals surface area contributed by atoms with Gasteiger partial charge in [0.25, 0.3) is 0 Å². The highest BCUT2D eigenvalue weighted by Gasteiger charge is 2.17. The van der Waals surface area contributed by atoms with Gasteiger partial charge in [-0.2, -0.15) is 0 Å². The smallest absolute Gasteiger partial charge is 0.227 e. The second-order valence-electron chi connectivity index (χ2n) is 5.86. The summed E-state index contributed by atoms with van der Waals surface area (Å²) in [5.41, 5.74) is 5.13. The SMILES string of the molecule is C=C(C)CN(CC)C(=O)Cc1c(C)nc2ccccc2c1C. The van der Waals surface area contributed by atoms with E-state index in [1.807, 2.05) is 43.9 Å². The van der Waals surface area contributed by atoms with Gasteiger partial charge in [-0.3, -0.25) is 9.78 Å². The van der Waals surface area contributed by atoms with Gasteiger partial charge in [-0.25, -0.2) is 0 Å². The molecule has 0 unspecified atom stereocenters. The second-order valence-corrected chi connectivity index (χ2v) is 5.86. The molecule has 0 aliphatic heterocycles. The Morgan fingerprint density at radius 2 is 1.95 bits per heavy atom. The van der Waals surface area contributed by atoms with Crippen molar-refractivity contribution in [3.05, 3.63) is 53.2 Å². The van der Waals surface area contributed by atoms with Crippen molar-refractivity contribution in [2.75, 3.05) is 13.1 Å². The fourth-order valence-electron chi connectivity index (χ4n) is 2.80. The topological polar surface area (TPSA) is 33.2 Å². The van der Waals surface area contributed by atoms with Gasteiger partial charge in [0.05, 0.1) is 11.9 Å². The predicted octanol–water partition coefficient (Wildman–Crippen LogP) is 3.82. The number of aromatic nitrogens is 1. The van der Waals surface area contributed by atoms with E-state index < -0.39 is 0 Å². The van der Waals surface area contributed by atoms with Gasteiger partial charge in [-0.15, -0.1) is 0 Å². The first-order valence-electron chi connectivity index (χ1n) is 7.71. The molecule has 3 heteroatoms. The largest absolute Gasteiger partial charge is 0.339 e. The molecule has 0 saturated heterocycles. The van der Waals surface area contributed by atoms with Crippen molar-refractivity contribution in [1.82, 2.24) is 9.88 Å². The molecule has 0 aliphatic carbocycles. The maximum atomic E-state index is 12.6. The van der Waals surface area contributed by atoms with E-state index in [0.29, 0.717) is 19.5 Å². The molecule has 116 valence electrons. The number of amides is 1. The standard InChI is InChI=1S/C19H24N2O/c1-6-21(12-13(2)3)19(22)11-17-14(4)16-9-7-8-10-18(16)20-15(17)5/h7-10H,2,6,11-12H2,1,3-5H3. The van der Waals surface area contributed by atoms with Gasteiger partial charge in [-0.05, 0) is 44.9 Å². The maximum Gasteiger partial charge on any atom is 0.227 e. The third kappa shape index (κ3) is 3.35. The number of fused-ring (bicyclic) bond motifs is 1. The fraction of sp³-hybridized carbons (Fsp3) is 0.368. The van der Waals surface area contributed by atoms with Crippen LogP contribution in [-0.2, 0) is 11.2 Å². The molecular weight excluding hydrogens is 272 g/mol. The van der Waals surface area contributed by atoms with Gasteiger partial charge in [0.2, 0.25) is 5.91 Å². The number of carbonyl (C=O) groups is 1. The van der Waals surface area contributed by atoms with Gasteiger partial charge in [0.15, 0.2) is 0 Å². The molecule has 0 aliphatic rings. The summed E-state index contributed by atoms with van der Waals surface area (Å²) in [4.78, 5) is 19.1. The Hall–Kier alpha value is -2.16. The quantitative estimate of drug-likeness (QED) is 0.786. The molecule has 1 aromatic heterocycles. The maximum absolute atomic E-state index is 12.6. The predicted molar refractivity (Wildman–Crippen MR) is 92.0 cm³/mol. The minimum Gasteiger partial charge on any atom is -0.339 e. The number of benzene rings is 1. The molecule has 3 nitrogen and oxygen atoms in total. The highest BCUT2D eigenvalue weighted by Crippen LogP contribution is 2.23. The van der Waals surface area contributed by atoms with Gasteiger partial charge in [-0.1, -0.05) is 30.4 Å². The van der Waals surface area contributed by atoms with Crippen LogP contribution in [-0.4, -0.2) is 28.9 Å². The Labute approximate surface area is 132 Å². The Morgan fingerprint density at radius 3 is 2.59 bits per heavy atom. The van der Waals surface area contributed by atoms with Crippen LogP contribution >= 0.6 is 0 Å². The highest BCUT2D eigenvalue weighted by atomic mass is 16.2. The molecule has 0 radical (unpaired) electrons. The average molecular weight is 296 g/mol. The van der Waals surface area contributed by atoms with Gasteiger partial charge < -0.3 is 4.90 Å². The first-order chi connectivity index (χ1) is 10.4. The Balaban J connectivity index is 2.35. The van der Waals surface area contributed by atoms with E-state index in [-0.39, 0.29) is 5.91 Å². The first kappa shape index (κ1) is 16.2. The monoisotopic (exact) mass is 296 g/mol. The van der Waals surface area contributed by atoms with Crippen molar-refractivity contribution in [2.24, 2.45) is 0 Å². The molecular formula is C19H24N2O. The number of likely N-dealkylation sites (N-methyl/N-ethyl adjacent to an activating group) is 1. The van der Waals surface area contributed by atoms with E-state index in [1.165, 1.54) is 0 Å². The molecule has 0 spiro atoms. The molecule has 22 heavy (non-hydrogen) atoms. The van der Waals surface area contributed by atoms with E-state index in [2.05, 4.69) is 24.6 Å². The summed E-state index contributed by atoms with van der Waals surface area (Å²) >= 11 is 0. The van der Waals surface area contributed by atoms with Crippen molar-refractivity contribution in [2.45, 2.75) is 34.1 Å². The van der Waals surface area contributed by atoms with Crippen LogP contribution in [0.3, 0.4) is 0 Å². The number of para-hydroxylation sites is 1. The van der Waals surface area contributed by atoms with E-state index in [4.69, 9.17) is 0 Å². The lowest BCUT2D eigenvalue weighted by Gasteiger charge is -2.22. The molecule has 1 amide bonds. The summed E-state index contributed by atoms with van der Waals surface area (Å²) in [7, 11) is 0. The van der Waals surface area contributed by atoms with Crippen molar-refractivity contribution < 1.29 is 4.79 Å². The number of nitrogens with zero attached hydrogens (tertiary/aromatic N) is 2. The zero-order valence-corrected chi connectivity index (χ0v) is 13.9. The highest BCUT2D eigenvalue weighted by molar-refractivity contribution is 5.86. The zero-order valence-electron chi connectivity index (χ0n) is 13.9. The lowest BCUT2D eigenvalue weighted by molar-refractivity contribution is -0.129. The van der Waals surface area contributed by atoms with Crippen LogP contribution in [0.4, 0.5) is 0 Å². The van der Waals surface area contributed by atoms with Gasteiger partial charge >= 0.3 is 0 Å². The summed E-state index contributed by atoms with van der Waals surface area (Å²) in [5, 5.41) is 1.12. The lowest BCUT2D eigenvalue weighted by atomic mass is 9.99. The number of hydrogen-bond acceptors (Lipinski definition) is 2. The molecule has 1 aromatic carbocycles. The third-order valence-corrected chi connectivity index (χ3v) is 4.01. The molecule has 2 rings (SSSR count). The van der Waals surface area contributed by atoms with Crippen LogP contribution in [0, 0.1) is 13.8 Å². The van der Waals surface area contributed by atoms with Crippen molar-refractivity contribution in [3.63, 3.8) is 0 Å². The van der Waals surface area contributed by atoms with Crippen LogP contribution in [0.25, 0.3) is 10.9 Å². The Bertz CT molecular complexity index is 719. The first-order valence-corrected chi connectivity index (χ1v) is 7.71. The molecule has 2 aromatic rings. The van der Waals surface area contributed by atoms with E-state index in [1.54, 1.807) is 0 Å². The minimum absolute atomic E-state index is 0.133. The number of hydrogen-bond donors (Lipinski definition) is 0. The van der Waals surface area contributed by atoms with E-state index >= 15 is 0 Å². The second kappa shape index (κ2) is 6.73. The zero-order chi connectivity index (χ0) is 16.3. The number of aryl methyl sites for hydroxylation is 2. The number of rotatable bonds is 5. The van der Waals surface area contributed by atoms with Crippen LogP contribution in [0.1, 0.15) is 30.7 Å². The summed E-state index contributed by atoms with van der Waals surface area (Å²) in [6.07, 6.45) is 0.399. The number of carbonyl (C=O) groups excluding carboxylic acids is 1. The normalized spacial score (nSPS) is 10.7. The average Bonchev–Trinajstić information content (AvgIpc) is 2.48. The van der Waals surface area contributed by atoms with Gasteiger partial charge in [0.1, 0.15) is 0 Å². The fourth-order valence-corrected chi connectivity index (χ4v) is 2.80. The molecule has 0 bridgehead atoms. The van der Waals surface area contributed by atoms with Gasteiger partial charge in [0, 0.05) is 24.2 Å². The Morgan fingerprint density at radius 1 is 1.27 bits per heavy atom. The minimum atomic E-state index is 0.133. The molecule has 0 fully saturated rings. The van der Waals surface area contributed by atoms with Crippen molar-refractivity contribution in [3.8, 4) is 0 Å². The van der Waals surface area contributed by atoms with Crippen LogP contribution in [0.2, 0.25) is 0 Å². The molecule has 0 N–H and O–H groups in total. The summed E-state index contributed by atoms with van der Waals surface area (Å²) in [6, 6.07) is 8.08. The Kier molecular flexibility index (Phi) is 4.96. The van der Waals surface area contributed by atoms with Crippen LogP contribution in [0.5, 0.6) is 0 Å². The summed E-state index contributed by atoms with van der Waals surface area (Å²) in [6.45, 7) is 13.2. The molecule has 0 saturated carbocycles. The summed E-state index contributed by atoms with van der Waals surface area (Å²) < 4.78 is 0. The van der Waals surface area contributed by atoms with E-state index in [0.717, 1.165) is 33.3 Å². The molecule has 0 atom stereocenters. The molecule has 1 heterocycles. The summed E-state index contributed by atoms with van der Waals surface area (Å²) in [5.74, 6) is 0.133. The van der Waals surface area contributed by atoms with Crippen LogP contribution < -0.4 is 0 Å².